The van der Waals surface area contributed by atoms with Crippen molar-refractivity contribution in [2.45, 2.75) is 46.0 Å². The third kappa shape index (κ3) is 3.13. The molecule has 1 fully saturated rings. The molecule has 1 aliphatic heterocycles. The van der Waals surface area contributed by atoms with Crippen LogP contribution in [0.1, 0.15) is 47.4 Å². The molecule has 1 atom stereocenters. The third-order valence-corrected chi connectivity index (χ3v) is 4.65. The van der Waals surface area contributed by atoms with Crippen LogP contribution in [0.2, 0.25) is 0 Å². The molecule has 3 rings (SSSR count). The summed E-state index contributed by atoms with van der Waals surface area (Å²) < 4.78 is 7.11. The molecule has 0 saturated carbocycles. The number of nitrogens with zero attached hydrogens (tertiary/aromatic N) is 5. The van der Waals surface area contributed by atoms with Gasteiger partial charge in [0.25, 0.3) is 0 Å². The maximum Gasteiger partial charge on any atom is 0.231 e. The zero-order chi connectivity index (χ0) is 16.6. The first-order chi connectivity index (χ1) is 11.0. The van der Waals surface area contributed by atoms with Crippen molar-refractivity contribution in [2.24, 2.45) is 7.05 Å². The highest BCUT2D eigenvalue weighted by atomic mass is 16.5. The molecule has 0 unspecified atom stereocenters. The molecule has 2 aromatic heterocycles. The van der Waals surface area contributed by atoms with Gasteiger partial charge in [-0.05, 0) is 33.6 Å². The lowest BCUT2D eigenvalue weighted by Crippen LogP contribution is -2.40. The summed E-state index contributed by atoms with van der Waals surface area (Å²) in [5.74, 6) is 1.58. The first-order valence-electron chi connectivity index (χ1n) is 8.02. The number of hydrogen-bond donors (Lipinski definition) is 0. The third-order valence-electron chi connectivity index (χ3n) is 4.65. The highest BCUT2D eigenvalue weighted by molar-refractivity contribution is 5.79. The van der Waals surface area contributed by atoms with E-state index in [0.717, 1.165) is 36.3 Å². The van der Waals surface area contributed by atoms with Gasteiger partial charge in [-0.25, -0.2) is 0 Å². The van der Waals surface area contributed by atoms with Crippen molar-refractivity contribution in [3.05, 3.63) is 28.7 Å². The van der Waals surface area contributed by atoms with Crippen LogP contribution in [0.3, 0.4) is 0 Å². The molecule has 0 bridgehead atoms. The van der Waals surface area contributed by atoms with E-state index >= 15 is 0 Å². The molecule has 2 aromatic rings. The van der Waals surface area contributed by atoms with Gasteiger partial charge in [-0.15, -0.1) is 0 Å². The molecule has 1 saturated heterocycles. The topological polar surface area (TPSA) is 77.0 Å². The van der Waals surface area contributed by atoms with Gasteiger partial charge in [0.1, 0.15) is 0 Å². The number of likely N-dealkylation sites (tertiary alicyclic amines) is 1. The standard InChI is InChI=1S/C16H23N5O2/c1-10-14(11(2)20(4)18-10)8-15(22)21-7-5-6-13(9-21)16-17-12(3)19-23-16/h13H,5-9H2,1-4H3/t13-/m0/s1. The van der Waals surface area contributed by atoms with Crippen LogP contribution in [0.4, 0.5) is 0 Å². The highest BCUT2D eigenvalue weighted by Crippen LogP contribution is 2.26. The number of carbonyl (C=O) groups excluding carboxylic acids is 1. The molecule has 1 aliphatic rings. The van der Waals surface area contributed by atoms with Crippen molar-refractivity contribution in [2.75, 3.05) is 13.1 Å². The van der Waals surface area contributed by atoms with E-state index < -0.39 is 0 Å². The summed E-state index contributed by atoms with van der Waals surface area (Å²) in [4.78, 5) is 18.9. The van der Waals surface area contributed by atoms with Gasteiger partial charge in [-0.2, -0.15) is 10.1 Å². The van der Waals surface area contributed by atoms with E-state index in [2.05, 4.69) is 15.2 Å². The smallest absolute Gasteiger partial charge is 0.231 e. The minimum Gasteiger partial charge on any atom is -0.342 e. The van der Waals surface area contributed by atoms with Crippen LogP contribution in [0.15, 0.2) is 4.52 Å². The maximum absolute atomic E-state index is 12.7. The second kappa shape index (κ2) is 6.14. The molecule has 23 heavy (non-hydrogen) atoms. The van der Waals surface area contributed by atoms with Crippen molar-refractivity contribution in [1.82, 2.24) is 24.8 Å². The molecule has 7 heteroatoms. The Morgan fingerprint density at radius 2 is 2.13 bits per heavy atom. The van der Waals surface area contributed by atoms with E-state index in [1.807, 2.05) is 37.4 Å². The Labute approximate surface area is 135 Å². The van der Waals surface area contributed by atoms with Crippen LogP contribution in [-0.2, 0) is 18.3 Å². The second-order valence-electron chi connectivity index (χ2n) is 6.31. The molecular weight excluding hydrogens is 294 g/mol. The van der Waals surface area contributed by atoms with E-state index in [1.165, 1.54) is 0 Å². The molecular formula is C16H23N5O2. The summed E-state index contributed by atoms with van der Waals surface area (Å²) in [6.45, 7) is 7.21. The predicted octanol–water partition coefficient (Wildman–Crippen LogP) is 1.68. The van der Waals surface area contributed by atoms with Gasteiger partial charge in [0.2, 0.25) is 11.8 Å². The van der Waals surface area contributed by atoms with Gasteiger partial charge in [-0.1, -0.05) is 5.16 Å². The van der Waals surface area contributed by atoms with Crippen molar-refractivity contribution >= 4 is 5.91 Å². The minimum atomic E-state index is 0.144. The lowest BCUT2D eigenvalue weighted by atomic mass is 9.97. The van der Waals surface area contributed by atoms with Gasteiger partial charge < -0.3 is 9.42 Å². The first kappa shape index (κ1) is 15.7. The van der Waals surface area contributed by atoms with Crippen LogP contribution < -0.4 is 0 Å². The Hall–Kier alpha value is -2.18. The average Bonchev–Trinajstić information content (AvgIpc) is 3.06. The maximum atomic E-state index is 12.7. The fourth-order valence-electron chi connectivity index (χ4n) is 3.22. The number of amides is 1. The van der Waals surface area contributed by atoms with Crippen molar-refractivity contribution < 1.29 is 9.32 Å². The van der Waals surface area contributed by atoms with Crippen molar-refractivity contribution in [1.29, 1.82) is 0 Å². The van der Waals surface area contributed by atoms with Crippen LogP contribution in [0.5, 0.6) is 0 Å². The van der Waals surface area contributed by atoms with Crippen LogP contribution in [0.25, 0.3) is 0 Å². The van der Waals surface area contributed by atoms with Crippen LogP contribution >= 0.6 is 0 Å². The summed E-state index contributed by atoms with van der Waals surface area (Å²) in [7, 11) is 1.91. The number of aryl methyl sites for hydroxylation is 3. The number of carbonyl (C=O) groups is 1. The fraction of sp³-hybridized carbons (Fsp3) is 0.625. The molecule has 1 amide bonds. The second-order valence-corrected chi connectivity index (χ2v) is 6.31. The van der Waals surface area contributed by atoms with Gasteiger partial charge in [0, 0.05) is 31.4 Å². The van der Waals surface area contributed by atoms with Gasteiger partial charge in [0.15, 0.2) is 5.82 Å². The Morgan fingerprint density at radius 3 is 2.74 bits per heavy atom. The molecule has 0 spiro atoms. The van der Waals surface area contributed by atoms with Crippen molar-refractivity contribution in [3.8, 4) is 0 Å². The summed E-state index contributed by atoms with van der Waals surface area (Å²) in [6.07, 6.45) is 2.35. The molecule has 0 N–H and O–H groups in total. The van der Waals surface area contributed by atoms with Gasteiger partial charge in [0.05, 0.1) is 18.0 Å². The lowest BCUT2D eigenvalue weighted by Gasteiger charge is -2.31. The molecule has 3 heterocycles. The zero-order valence-corrected chi connectivity index (χ0v) is 14.2. The Morgan fingerprint density at radius 1 is 1.35 bits per heavy atom. The van der Waals surface area contributed by atoms with E-state index in [9.17, 15) is 4.79 Å². The molecule has 124 valence electrons. The van der Waals surface area contributed by atoms with Crippen LogP contribution in [0, 0.1) is 20.8 Å². The Kier molecular flexibility index (Phi) is 4.19. The predicted molar refractivity (Wildman–Crippen MR) is 84.0 cm³/mol. The largest absolute Gasteiger partial charge is 0.342 e. The number of rotatable bonds is 3. The monoisotopic (exact) mass is 317 g/mol. The summed E-state index contributed by atoms with van der Waals surface area (Å²) in [5, 5.41) is 8.24. The zero-order valence-electron chi connectivity index (χ0n) is 14.2. The number of piperidine rings is 1. The summed E-state index contributed by atoms with van der Waals surface area (Å²) in [6, 6.07) is 0. The lowest BCUT2D eigenvalue weighted by molar-refractivity contribution is -0.131. The average molecular weight is 317 g/mol. The van der Waals surface area contributed by atoms with E-state index in [-0.39, 0.29) is 11.8 Å². The normalized spacial score (nSPS) is 18.4. The van der Waals surface area contributed by atoms with E-state index in [4.69, 9.17) is 4.52 Å². The van der Waals surface area contributed by atoms with Crippen molar-refractivity contribution in [3.63, 3.8) is 0 Å². The van der Waals surface area contributed by atoms with Crippen LogP contribution in [-0.4, -0.2) is 43.8 Å². The minimum absolute atomic E-state index is 0.144. The SMILES string of the molecule is Cc1noc([C@H]2CCCN(C(=O)Cc3c(C)nn(C)c3C)C2)n1. The Bertz CT molecular complexity index is 718. The fourth-order valence-corrected chi connectivity index (χ4v) is 3.22. The van der Waals surface area contributed by atoms with E-state index in [0.29, 0.717) is 24.7 Å². The number of aromatic nitrogens is 4. The summed E-state index contributed by atoms with van der Waals surface area (Å²) in [5.41, 5.74) is 3.02. The number of hydrogen-bond acceptors (Lipinski definition) is 5. The highest BCUT2D eigenvalue weighted by Gasteiger charge is 2.29. The molecule has 0 aliphatic carbocycles. The Balaban J connectivity index is 1.70. The quantitative estimate of drug-likeness (QED) is 0.860. The van der Waals surface area contributed by atoms with Gasteiger partial charge >= 0.3 is 0 Å². The van der Waals surface area contributed by atoms with E-state index in [1.54, 1.807) is 0 Å². The first-order valence-corrected chi connectivity index (χ1v) is 8.02. The molecule has 0 radical (unpaired) electrons. The molecule has 0 aromatic carbocycles. The summed E-state index contributed by atoms with van der Waals surface area (Å²) >= 11 is 0. The molecule has 7 nitrogen and oxygen atoms in total. The van der Waals surface area contributed by atoms with Gasteiger partial charge in [-0.3, -0.25) is 9.48 Å².